The summed E-state index contributed by atoms with van der Waals surface area (Å²) in [7, 11) is 0. The van der Waals surface area contributed by atoms with Gasteiger partial charge in [0.1, 0.15) is 6.04 Å². The molecule has 0 bridgehead atoms. The van der Waals surface area contributed by atoms with Crippen molar-refractivity contribution >= 4 is 11.9 Å². The molecule has 1 amide bonds. The molecule has 1 saturated carbocycles. The molecule has 1 atom stereocenters. The van der Waals surface area contributed by atoms with Gasteiger partial charge in [0.15, 0.2) is 0 Å². The van der Waals surface area contributed by atoms with Crippen LogP contribution in [0.15, 0.2) is 18.3 Å². The molecule has 1 fully saturated rings. The zero-order valence-electron chi connectivity index (χ0n) is 10.5. The predicted molar refractivity (Wildman–Crippen MR) is 65.3 cm³/mol. The smallest absolute Gasteiger partial charge is 0.326 e. The van der Waals surface area contributed by atoms with Crippen LogP contribution in [0, 0.1) is 6.92 Å². The molecular weight excluding hydrogens is 232 g/mol. The second kappa shape index (κ2) is 4.76. The molecule has 2 rings (SSSR count). The van der Waals surface area contributed by atoms with E-state index in [-0.39, 0.29) is 11.9 Å². The number of aryl methyl sites for hydroxylation is 1. The molecule has 0 saturated heterocycles. The Morgan fingerprint density at radius 1 is 1.44 bits per heavy atom. The Morgan fingerprint density at radius 3 is 2.56 bits per heavy atom. The van der Waals surface area contributed by atoms with Gasteiger partial charge in [-0.3, -0.25) is 9.78 Å². The Morgan fingerprint density at radius 2 is 2.11 bits per heavy atom. The number of aromatic nitrogens is 1. The summed E-state index contributed by atoms with van der Waals surface area (Å²) < 4.78 is 0. The third-order valence-electron chi connectivity index (χ3n) is 3.11. The van der Waals surface area contributed by atoms with E-state index in [0.29, 0.717) is 5.56 Å². The topological polar surface area (TPSA) is 70.5 Å². The zero-order chi connectivity index (χ0) is 13.3. The largest absolute Gasteiger partial charge is 0.480 e. The Balaban J connectivity index is 2.23. The standard InChI is InChI=1S/C13H16N2O3/c1-8-3-4-10(7-14-8)12(16)15(11-5-6-11)9(2)13(17)18/h3-4,7,9,11H,5-6H2,1-2H3,(H,17,18). The number of carbonyl (C=O) groups is 2. The molecule has 0 aromatic carbocycles. The molecule has 1 unspecified atom stereocenters. The van der Waals surface area contributed by atoms with Crippen molar-refractivity contribution in [1.82, 2.24) is 9.88 Å². The number of rotatable bonds is 4. The minimum atomic E-state index is -0.977. The third-order valence-corrected chi connectivity index (χ3v) is 3.11. The molecule has 5 heteroatoms. The molecule has 1 aliphatic carbocycles. The van der Waals surface area contributed by atoms with Crippen molar-refractivity contribution in [3.8, 4) is 0 Å². The van der Waals surface area contributed by atoms with E-state index in [1.54, 1.807) is 19.1 Å². The SMILES string of the molecule is Cc1ccc(C(=O)N(C2CC2)C(C)C(=O)O)cn1. The van der Waals surface area contributed by atoms with Crippen LogP contribution in [-0.4, -0.2) is 39.0 Å². The molecule has 0 radical (unpaired) electrons. The fourth-order valence-electron chi connectivity index (χ4n) is 1.87. The van der Waals surface area contributed by atoms with Crippen LogP contribution in [0.5, 0.6) is 0 Å². The first-order valence-corrected chi connectivity index (χ1v) is 5.99. The van der Waals surface area contributed by atoms with Crippen LogP contribution in [0.1, 0.15) is 35.8 Å². The van der Waals surface area contributed by atoms with Crippen molar-refractivity contribution in [1.29, 1.82) is 0 Å². The Bertz CT molecular complexity index is 466. The van der Waals surface area contributed by atoms with Gasteiger partial charge in [0.05, 0.1) is 5.56 Å². The lowest BCUT2D eigenvalue weighted by Gasteiger charge is -2.26. The number of nitrogens with zero attached hydrogens (tertiary/aromatic N) is 2. The van der Waals surface area contributed by atoms with Gasteiger partial charge in [0.2, 0.25) is 0 Å². The molecule has 1 heterocycles. The number of aliphatic carboxylic acids is 1. The van der Waals surface area contributed by atoms with Crippen molar-refractivity contribution in [3.05, 3.63) is 29.6 Å². The van der Waals surface area contributed by atoms with Crippen molar-refractivity contribution in [2.24, 2.45) is 0 Å². The highest BCUT2D eigenvalue weighted by Crippen LogP contribution is 2.30. The minimum Gasteiger partial charge on any atom is -0.480 e. The first kappa shape index (κ1) is 12.5. The number of carboxylic acids is 1. The van der Waals surface area contributed by atoms with Crippen molar-refractivity contribution < 1.29 is 14.7 Å². The fourth-order valence-corrected chi connectivity index (χ4v) is 1.87. The van der Waals surface area contributed by atoms with Crippen LogP contribution < -0.4 is 0 Å². The summed E-state index contributed by atoms with van der Waals surface area (Å²) in [5, 5.41) is 9.06. The Hall–Kier alpha value is -1.91. The molecule has 0 spiro atoms. The van der Waals surface area contributed by atoms with E-state index in [1.165, 1.54) is 11.1 Å². The molecule has 18 heavy (non-hydrogen) atoms. The molecule has 1 aromatic heterocycles. The first-order valence-electron chi connectivity index (χ1n) is 5.99. The van der Waals surface area contributed by atoms with E-state index in [4.69, 9.17) is 5.11 Å². The number of hydrogen-bond acceptors (Lipinski definition) is 3. The molecule has 1 N–H and O–H groups in total. The van der Waals surface area contributed by atoms with Crippen LogP contribution in [0.3, 0.4) is 0 Å². The summed E-state index contributed by atoms with van der Waals surface area (Å²) in [6.45, 7) is 3.38. The van der Waals surface area contributed by atoms with Crippen LogP contribution in [-0.2, 0) is 4.79 Å². The maximum atomic E-state index is 12.3. The highest BCUT2D eigenvalue weighted by atomic mass is 16.4. The molecule has 96 valence electrons. The highest BCUT2D eigenvalue weighted by molar-refractivity contribution is 5.96. The van der Waals surface area contributed by atoms with Gasteiger partial charge in [-0.1, -0.05) is 0 Å². The molecule has 1 aliphatic rings. The second-order valence-electron chi connectivity index (χ2n) is 4.65. The number of amides is 1. The number of hydrogen-bond donors (Lipinski definition) is 1. The Kier molecular flexibility index (Phi) is 3.32. The quantitative estimate of drug-likeness (QED) is 0.875. The normalized spacial score (nSPS) is 16.1. The van der Waals surface area contributed by atoms with Crippen LogP contribution in [0.2, 0.25) is 0 Å². The third kappa shape index (κ3) is 2.50. The lowest BCUT2D eigenvalue weighted by Crippen LogP contribution is -2.44. The molecule has 1 aromatic rings. The van der Waals surface area contributed by atoms with Gasteiger partial charge in [-0.2, -0.15) is 0 Å². The van der Waals surface area contributed by atoms with Crippen LogP contribution in [0.4, 0.5) is 0 Å². The van der Waals surface area contributed by atoms with E-state index < -0.39 is 12.0 Å². The van der Waals surface area contributed by atoms with Crippen molar-refractivity contribution in [2.45, 2.75) is 38.8 Å². The lowest BCUT2D eigenvalue weighted by atomic mass is 10.2. The number of carboxylic acid groups (broad SMARTS) is 1. The predicted octanol–water partition coefficient (Wildman–Crippen LogP) is 1.47. The molecule has 0 aliphatic heterocycles. The average molecular weight is 248 g/mol. The lowest BCUT2D eigenvalue weighted by molar-refractivity contribution is -0.141. The Labute approximate surface area is 105 Å². The van der Waals surface area contributed by atoms with Crippen molar-refractivity contribution in [2.75, 3.05) is 0 Å². The fraction of sp³-hybridized carbons (Fsp3) is 0.462. The monoisotopic (exact) mass is 248 g/mol. The van der Waals surface area contributed by atoms with Gasteiger partial charge in [-0.25, -0.2) is 4.79 Å². The van der Waals surface area contributed by atoms with Gasteiger partial charge in [0, 0.05) is 17.9 Å². The van der Waals surface area contributed by atoms with E-state index in [9.17, 15) is 9.59 Å². The summed E-state index contributed by atoms with van der Waals surface area (Å²) in [4.78, 5) is 28.9. The van der Waals surface area contributed by atoms with E-state index in [1.807, 2.05) is 6.92 Å². The zero-order valence-corrected chi connectivity index (χ0v) is 10.5. The van der Waals surface area contributed by atoms with Gasteiger partial charge >= 0.3 is 5.97 Å². The van der Waals surface area contributed by atoms with E-state index in [0.717, 1.165) is 18.5 Å². The summed E-state index contributed by atoms with van der Waals surface area (Å²) in [6.07, 6.45) is 3.26. The second-order valence-corrected chi connectivity index (χ2v) is 4.65. The minimum absolute atomic E-state index is 0.0601. The maximum absolute atomic E-state index is 12.3. The summed E-state index contributed by atoms with van der Waals surface area (Å²) in [6, 6.07) is 2.70. The number of pyridine rings is 1. The van der Waals surface area contributed by atoms with Gasteiger partial charge in [-0.15, -0.1) is 0 Å². The molecular formula is C13H16N2O3. The van der Waals surface area contributed by atoms with Crippen LogP contribution >= 0.6 is 0 Å². The highest BCUT2D eigenvalue weighted by Gasteiger charge is 2.38. The van der Waals surface area contributed by atoms with Crippen molar-refractivity contribution in [3.63, 3.8) is 0 Å². The maximum Gasteiger partial charge on any atom is 0.326 e. The summed E-state index contributed by atoms with van der Waals surface area (Å²) in [5.74, 6) is -1.23. The van der Waals surface area contributed by atoms with Crippen LogP contribution in [0.25, 0.3) is 0 Å². The van der Waals surface area contributed by atoms with Gasteiger partial charge in [-0.05, 0) is 38.8 Å². The van der Waals surface area contributed by atoms with E-state index in [2.05, 4.69) is 4.98 Å². The number of carbonyl (C=O) groups excluding carboxylic acids is 1. The average Bonchev–Trinajstić information content (AvgIpc) is 3.14. The van der Waals surface area contributed by atoms with E-state index >= 15 is 0 Å². The van der Waals surface area contributed by atoms with Gasteiger partial charge < -0.3 is 10.0 Å². The summed E-state index contributed by atoms with van der Waals surface area (Å²) in [5.41, 5.74) is 1.27. The van der Waals surface area contributed by atoms with Gasteiger partial charge in [0.25, 0.3) is 5.91 Å². The summed E-state index contributed by atoms with van der Waals surface area (Å²) >= 11 is 0. The molecule has 5 nitrogen and oxygen atoms in total. The first-order chi connectivity index (χ1) is 8.50.